The van der Waals surface area contributed by atoms with E-state index in [1.165, 1.54) is 0 Å². The van der Waals surface area contributed by atoms with Crippen molar-refractivity contribution in [3.05, 3.63) is 59.2 Å². The van der Waals surface area contributed by atoms with Gasteiger partial charge in [0.2, 0.25) is 0 Å². The van der Waals surface area contributed by atoms with Gasteiger partial charge in [0.05, 0.1) is 26.5 Å². The number of hydrogen-bond donors (Lipinski definition) is 1. The van der Waals surface area contributed by atoms with Gasteiger partial charge in [0.1, 0.15) is 11.5 Å². The first-order valence-electron chi connectivity index (χ1n) is 9.88. The number of hydrogen-bond acceptors (Lipinski definition) is 4. The van der Waals surface area contributed by atoms with Crippen molar-refractivity contribution in [1.82, 2.24) is 10.2 Å². The van der Waals surface area contributed by atoms with Crippen LogP contribution in [0.4, 0.5) is 4.79 Å². The van der Waals surface area contributed by atoms with Crippen molar-refractivity contribution >= 4 is 17.6 Å². The van der Waals surface area contributed by atoms with Crippen LogP contribution in [-0.2, 0) is 6.54 Å². The normalized spacial score (nSPS) is 14.6. The number of nitrogens with zero attached hydrogens (tertiary/aromatic N) is 2. The van der Waals surface area contributed by atoms with Gasteiger partial charge in [0.15, 0.2) is 0 Å². The maximum Gasteiger partial charge on any atom is 0.341 e. The molecule has 3 rings (SSSR count). The highest BCUT2D eigenvalue weighted by Gasteiger charge is 2.29. The Morgan fingerprint density at radius 3 is 2.53 bits per heavy atom. The Morgan fingerprint density at radius 1 is 1.13 bits per heavy atom. The molecule has 0 unspecified atom stereocenters. The second-order valence-corrected chi connectivity index (χ2v) is 7.52. The summed E-state index contributed by atoms with van der Waals surface area (Å²) in [4.78, 5) is 31.4. The van der Waals surface area contributed by atoms with Crippen LogP contribution in [-0.4, -0.2) is 49.9 Å². The molecule has 0 saturated carbocycles. The summed E-state index contributed by atoms with van der Waals surface area (Å²) in [7, 11) is 3.16. The largest absolute Gasteiger partial charge is 0.497 e. The van der Waals surface area contributed by atoms with Gasteiger partial charge in [-0.1, -0.05) is 32.0 Å². The van der Waals surface area contributed by atoms with Gasteiger partial charge in [-0.3, -0.25) is 4.79 Å². The maximum absolute atomic E-state index is 12.8. The van der Waals surface area contributed by atoms with Gasteiger partial charge < -0.3 is 19.7 Å². The number of aliphatic imine (C=N–C) groups is 1. The average molecular weight is 409 g/mol. The van der Waals surface area contributed by atoms with E-state index in [1.54, 1.807) is 37.3 Å². The zero-order chi connectivity index (χ0) is 21.7. The quantitative estimate of drug-likeness (QED) is 0.792. The number of carbonyl (C=O) groups is 2. The summed E-state index contributed by atoms with van der Waals surface area (Å²) in [5.74, 6) is 1.62. The fourth-order valence-corrected chi connectivity index (χ4v) is 3.47. The smallest absolute Gasteiger partial charge is 0.341 e. The van der Waals surface area contributed by atoms with Crippen molar-refractivity contribution in [2.24, 2.45) is 10.9 Å². The number of ether oxygens (including phenoxy) is 2. The third kappa shape index (κ3) is 4.79. The Kier molecular flexibility index (Phi) is 6.72. The molecule has 0 aromatic heterocycles. The van der Waals surface area contributed by atoms with Gasteiger partial charge in [-0.25, -0.2) is 4.79 Å². The van der Waals surface area contributed by atoms with Crippen molar-refractivity contribution < 1.29 is 19.1 Å². The first-order chi connectivity index (χ1) is 14.4. The summed E-state index contributed by atoms with van der Waals surface area (Å²) in [5, 5.41) is 2.80. The summed E-state index contributed by atoms with van der Waals surface area (Å²) in [5.41, 5.74) is 2.65. The minimum atomic E-state index is -0.469. The molecule has 0 saturated heterocycles. The Bertz CT molecular complexity index is 969. The van der Waals surface area contributed by atoms with Crippen molar-refractivity contribution in [2.75, 3.05) is 27.3 Å². The van der Waals surface area contributed by atoms with Crippen molar-refractivity contribution in [3.63, 3.8) is 0 Å². The molecular formula is C23H27N3O4. The van der Waals surface area contributed by atoms with Crippen LogP contribution >= 0.6 is 0 Å². The van der Waals surface area contributed by atoms with E-state index in [0.717, 1.165) is 5.56 Å². The van der Waals surface area contributed by atoms with Gasteiger partial charge in [-0.2, -0.15) is 4.99 Å². The minimum Gasteiger partial charge on any atom is -0.497 e. The Hall–Kier alpha value is -3.35. The molecule has 2 aromatic carbocycles. The van der Waals surface area contributed by atoms with E-state index in [1.807, 2.05) is 24.3 Å². The van der Waals surface area contributed by atoms with Gasteiger partial charge in [-0.05, 0) is 30.2 Å². The topological polar surface area (TPSA) is 80.2 Å². The van der Waals surface area contributed by atoms with Crippen LogP contribution in [0, 0.1) is 5.92 Å². The van der Waals surface area contributed by atoms with Crippen LogP contribution in [0.15, 0.2) is 47.5 Å². The van der Waals surface area contributed by atoms with Crippen LogP contribution in [0.1, 0.15) is 35.3 Å². The number of nitrogens with one attached hydrogen (secondary N) is 1. The molecular weight excluding hydrogens is 382 g/mol. The fourth-order valence-electron chi connectivity index (χ4n) is 3.47. The number of fused-ring (bicyclic) bond motifs is 1. The molecule has 7 heteroatoms. The van der Waals surface area contributed by atoms with E-state index >= 15 is 0 Å². The lowest BCUT2D eigenvalue weighted by molar-refractivity contribution is 0.0755. The number of urea groups is 1. The molecule has 0 bridgehead atoms. The molecule has 3 amide bonds. The van der Waals surface area contributed by atoms with Crippen molar-refractivity contribution in [3.8, 4) is 11.5 Å². The highest BCUT2D eigenvalue weighted by Crippen LogP contribution is 2.24. The lowest BCUT2D eigenvalue weighted by atomic mass is 9.96. The molecule has 0 fully saturated rings. The number of amides is 3. The van der Waals surface area contributed by atoms with Crippen LogP contribution in [0.5, 0.6) is 11.5 Å². The predicted octanol–water partition coefficient (Wildman–Crippen LogP) is 3.51. The van der Waals surface area contributed by atoms with E-state index in [2.05, 4.69) is 24.2 Å². The number of rotatable bonds is 6. The summed E-state index contributed by atoms with van der Waals surface area (Å²) in [6.45, 7) is 5.27. The van der Waals surface area contributed by atoms with Gasteiger partial charge in [-0.15, -0.1) is 0 Å². The zero-order valence-electron chi connectivity index (χ0n) is 17.8. The zero-order valence-corrected chi connectivity index (χ0v) is 17.8. The van der Waals surface area contributed by atoms with Crippen LogP contribution in [0.25, 0.3) is 0 Å². The van der Waals surface area contributed by atoms with Gasteiger partial charge in [0, 0.05) is 29.8 Å². The maximum atomic E-state index is 12.8. The monoisotopic (exact) mass is 409 g/mol. The Balaban J connectivity index is 1.81. The second-order valence-electron chi connectivity index (χ2n) is 7.52. The molecule has 0 atom stereocenters. The van der Waals surface area contributed by atoms with Crippen molar-refractivity contribution in [2.45, 2.75) is 20.4 Å². The van der Waals surface area contributed by atoms with E-state index in [-0.39, 0.29) is 12.5 Å². The second kappa shape index (κ2) is 9.43. The highest BCUT2D eigenvalue weighted by molar-refractivity contribution is 6.18. The average Bonchev–Trinajstić information content (AvgIpc) is 2.75. The van der Waals surface area contributed by atoms with E-state index in [0.29, 0.717) is 47.3 Å². The highest BCUT2D eigenvalue weighted by atomic mass is 16.5. The molecule has 0 radical (unpaired) electrons. The van der Waals surface area contributed by atoms with E-state index < -0.39 is 6.03 Å². The summed E-state index contributed by atoms with van der Waals surface area (Å²) in [6, 6.07) is 12.2. The lowest BCUT2D eigenvalue weighted by Gasteiger charge is -2.30. The van der Waals surface area contributed by atoms with E-state index in [9.17, 15) is 9.59 Å². The number of methoxy groups -OCH3 is 2. The SMILES string of the molecule is COc1ccc(OC)c(CNC(=O)N=C2CN(CC(C)C)C(=O)c3ccccc32)c1. The summed E-state index contributed by atoms with van der Waals surface area (Å²) < 4.78 is 10.6. The van der Waals surface area contributed by atoms with Crippen LogP contribution < -0.4 is 14.8 Å². The molecule has 1 N–H and O–H groups in total. The van der Waals surface area contributed by atoms with Gasteiger partial charge >= 0.3 is 6.03 Å². The third-order valence-electron chi connectivity index (χ3n) is 4.84. The lowest BCUT2D eigenvalue weighted by Crippen LogP contribution is -2.43. The molecule has 0 aliphatic carbocycles. The molecule has 158 valence electrons. The van der Waals surface area contributed by atoms with Crippen LogP contribution in [0.2, 0.25) is 0 Å². The summed E-state index contributed by atoms with van der Waals surface area (Å²) >= 11 is 0. The van der Waals surface area contributed by atoms with Crippen LogP contribution in [0.3, 0.4) is 0 Å². The molecule has 0 spiro atoms. The first kappa shape index (κ1) is 21.4. The fraction of sp³-hybridized carbons (Fsp3) is 0.348. The van der Waals surface area contributed by atoms with Gasteiger partial charge in [0.25, 0.3) is 5.91 Å². The third-order valence-corrected chi connectivity index (χ3v) is 4.84. The summed E-state index contributed by atoms with van der Waals surface area (Å²) in [6.07, 6.45) is 0. The molecule has 30 heavy (non-hydrogen) atoms. The van der Waals surface area contributed by atoms with Crippen molar-refractivity contribution in [1.29, 1.82) is 0 Å². The molecule has 7 nitrogen and oxygen atoms in total. The minimum absolute atomic E-state index is 0.0280. The molecule has 1 aliphatic rings. The molecule has 1 heterocycles. The number of benzene rings is 2. The molecule has 1 aliphatic heterocycles. The standard InChI is InChI=1S/C23H27N3O4/c1-15(2)13-26-14-20(18-7-5-6-8-19(18)22(26)27)25-23(28)24-12-16-11-17(29-3)9-10-21(16)30-4/h5-11,15H,12-14H2,1-4H3,(H,24,28). The number of carbonyl (C=O) groups excluding carboxylic acids is 2. The first-order valence-corrected chi connectivity index (χ1v) is 9.88. The Labute approximate surface area is 176 Å². The van der Waals surface area contributed by atoms with E-state index in [4.69, 9.17) is 9.47 Å². The predicted molar refractivity (Wildman–Crippen MR) is 116 cm³/mol. The Morgan fingerprint density at radius 2 is 1.87 bits per heavy atom. The molecule has 2 aromatic rings.